The number of nitrogens with zero attached hydrogens (tertiary/aromatic N) is 2. The first-order valence-electron chi connectivity index (χ1n) is 5.87. The fourth-order valence-electron chi connectivity index (χ4n) is 1.52. The van der Waals surface area contributed by atoms with Gasteiger partial charge in [0.05, 0.1) is 5.75 Å². The number of thioether (sulfide) groups is 1. The summed E-state index contributed by atoms with van der Waals surface area (Å²) in [5.74, 6) is 0.397. The van der Waals surface area contributed by atoms with Gasteiger partial charge in [0.2, 0.25) is 17.0 Å². The third-order valence-electron chi connectivity index (χ3n) is 2.43. The average molecular weight is 277 g/mol. The number of benzene rings is 1. The Bertz CT molecular complexity index is 569. The van der Waals surface area contributed by atoms with Crippen LogP contribution in [0.3, 0.4) is 0 Å². The number of aromatic amines is 1. The van der Waals surface area contributed by atoms with Crippen LogP contribution in [-0.2, 0) is 11.2 Å². The lowest BCUT2D eigenvalue weighted by atomic mass is 10.1. The lowest BCUT2D eigenvalue weighted by Crippen LogP contribution is -2.14. The van der Waals surface area contributed by atoms with Crippen molar-refractivity contribution in [1.82, 2.24) is 15.2 Å². The Hall–Kier alpha value is -2.02. The van der Waals surface area contributed by atoms with Crippen molar-refractivity contribution in [1.29, 1.82) is 0 Å². The van der Waals surface area contributed by atoms with Crippen LogP contribution in [0.15, 0.2) is 29.4 Å². The van der Waals surface area contributed by atoms with E-state index in [-0.39, 0.29) is 17.6 Å². The molecule has 7 heteroatoms. The number of hydrogen-bond acceptors (Lipinski definition) is 5. The lowest BCUT2D eigenvalue weighted by molar-refractivity contribution is -0.113. The van der Waals surface area contributed by atoms with Crippen molar-refractivity contribution in [3.8, 4) is 0 Å². The van der Waals surface area contributed by atoms with Gasteiger partial charge in [0.25, 0.3) is 0 Å². The molecule has 0 radical (unpaired) electrons. The second-order valence-electron chi connectivity index (χ2n) is 3.89. The van der Waals surface area contributed by atoms with Crippen molar-refractivity contribution in [2.75, 3.05) is 16.8 Å². The van der Waals surface area contributed by atoms with Crippen molar-refractivity contribution in [3.63, 3.8) is 0 Å². The molecule has 1 amide bonds. The zero-order valence-corrected chi connectivity index (χ0v) is 11.3. The first kappa shape index (κ1) is 13.4. The third-order valence-corrected chi connectivity index (χ3v) is 3.28. The standard InChI is InChI=1S/C12H15N5OS/c1-2-8-4-3-5-9(6-8)14-10(18)7-19-12-15-11(13)16-17-12/h3-6H,2,7H2,1H3,(H,14,18)(H3,13,15,16,17). The maximum Gasteiger partial charge on any atom is 0.234 e. The van der Waals surface area contributed by atoms with E-state index >= 15 is 0 Å². The van der Waals surface area contributed by atoms with Gasteiger partial charge in [0.1, 0.15) is 0 Å². The van der Waals surface area contributed by atoms with Gasteiger partial charge >= 0.3 is 0 Å². The molecule has 1 heterocycles. The SMILES string of the molecule is CCc1cccc(NC(=O)CSc2n[nH]c(N)n2)c1. The summed E-state index contributed by atoms with van der Waals surface area (Å²) < 4.78 is 0. The summed E-state index contributed by atoms with van der Waals surface area (Å²) in [7, 11) is 0. The predicted octanol–water partition coefficient (Wildman–Crippen LogP) is 1.68. The van der Waals surface area contributed by atoms with Gasteiger partial charge in [-0.15, -0.1) is 5.10 Å². The highest BCUT2D eigenvalue weighted by Gasteiger charge is 2.07. The molecular weight excluding hydrogens is 262 g/mol. The molecular formula is C12H15N5OS. The van der Waals surface area contributed by atoms with Crippen LogP contribution in [0.5, 0.6) is 0 Å². The molecule has 1 aromatic carbocycles. The van der Waals surface area contributed by atoms with E-state index in [9.17, 15) is 4.79 Å². The number of nitrogens with two attached hydrogens (primary N) is 1. The maximum absolute atomic E-state index is 11.8. The number of carbonyl (C=O) groups excluding carboxylic acids is 1. The lowest BCUT2D eigenvalue weighted by Gasteiger charge is -2.05. The van der Waals surface area contributed by atoms with E-state index in [1.165, 1.54) is 17.3 Å². The molecule has 0 spiro atoms. The predicted molar refractivity (Wildman–Crippen MR) is 76.0 cm³/mol. The fraction of sp³-hybridized carbons (Fsp3) is 0.250. The number of carbonyl (C=O) groups is 1. The van der Waals surface area contributed by atoms with E-state index in [0.29, 0.717) is 5.16 Å². The van der Waals surface area contributed by atoms with Crippen molar-refractivity contribution < 1.29 is 4.79 Å². The highest BCUT2D eigenvalue weighted by atomic mass is 32.2. The van der Waals surface area contributed by atoms with E-state index in [4.69, 9.17) is 5.73 Å². The fourth-order valence-corrected chi connectivity index (χ4v) is 2.12. The van der Waals surface area contributed by atoms with Crippen molar-refractivity contribution >= 4 is 29.3 Å². The minimum Gasteiger partial charge on any atom is -0.368 e. The normalized spacial score (nSPS) is 10.4. The summed E-state index contributed by atoms with van der Waals surface area (Å²) in [6.07, 6.45) is 0.939. The first-order valence-corrected chi connectivity index (χ1v) is 6.85. The molecule has 4 N–H and O–H groups in total. The van der Waals surface area contributed by atoms with Crippen molar-refractivity contribution in [2.24, 2.45) is 0 Å². The second kappa shape index (κ2) is 6.24. The molecule has 100 valence electrons. The number of rotatable bonds is 5. The number of amides is 1. The van der Waals surface area contributed by atoms with E-state index in [1.807, 2.05) is 24.3 Å². The molecule has 1 aromatic heterocycles. The molecule has 0 unspecified atom stereocenters. The van der Waals surface area contributed by atoms with Crippen LogP contribution in [0.25, 0.3) is 0 Å². The zero-order chi connectivity index (χ0) is 13.7. The van der Waals surface area contributed by atoms with Crippen LogP contribution in [0.2, 0.25) is 0 Å². The highest BCUT2D eigenvalue weighted by Crippen LogP contribution is 2.15. The molecule has 6 nitrogen and oxygen atoms in total. The molecule has 0 aliphatic carbocycles. The van der Waals surface area contributed by atoms with Gasteiger partial charge in [0.15, 0.2) is 0 Å². The molecule has 2 rings (SSSR count). The first-order chi connectivity index (χ1) is 9.17. The summed E-state index contributed by atoms with van der Waals surface area (Å²) in [5.41, 5.74) is 7.39. The van der Waals surface area contributed by atoms with Crippen molar-refractivity contribution in [3.05, 3.63) is 29.8 Å². The van der Waals surface area contributed by atoms with Crippen molar-refractivity contribution in [2.45, 2.75) is 18.5 Å². The number of nitrogens with one attached hydrogen (secondary N) is 2. The van der Waals surface area contributed by atoms with Gasteiger partial charge in [-0.3, -0.25) is 4.79 Å². The van der Waals surface area contributed by atoms with E-state index in [0.717, 1.165) is 12.1 Å². The largest absolute Gasteiger partial charge is 0.368 e. The molecule has 0 fully saturated rings. The summed E-state index contributed by atoms with van der Waals surface area (Å²) in [6, 6.07) is 7.79. The van der Waals surface area contributed by atoms with Gasteiger partial charge in [-0.05, 0) is 24.1 Å². The average Bonchev–Trinajstić information content (AvgIpc) is 2.82. The Kier molecular flexibility index (Phi) is 4.40. The monoisotopic (exact) mass is 277 g/mol. The summed E-state index contributed by atoms with van der Waals surface area (Å²) in [4.78, 5) is 15.7. The quantitative estimate of drug-likeness (QED) is 0.722. The Morgan fingerprint density at radius 3 is 3.05 bits per heavy atom. The molecule has 19 heavy (non-hydrogen) atoms. The number of aryl methyl sites for hydroxylation is 1. The van der Waals surface area contributed by atoms with Crippen LogP contribution < -0.4 is 11.1 Å². The molecule has 0 bridgehead atoms. The molecule has 0 saturated carbocycles. The van der Waals surface area contributed by atoms with Crippen LogP contribution in [0, 0.1) is 0 Å². The minimum absolute atomic E-state index is 0.0957. The maximum atomic E-state index is 11.8. The minimum atomic E-state index is -0.0957. The van der Waals surface area contributed by atoms with Gasteiger partial charge in [0, 0.05) is 5.69 Å². The zero-order valence-electron chi connectivity index (χ0n) is 10.5. The Morgan fingerprint density at radius 2 is 2.37 bits per heavy atom. The number of hydrogen-bond donors (Lipinski definition) is 3. The smallest absolute Gasteiger partial charge is 0.234 e. The van der Waals surface area contributed by atoms with Gasteiger partial charge in [-0.2, -0.15) is 4.98 Å². The van der Waals surface area contributed by atoms with Gasteiger partial charge in [-0.1, -0.05) is 30.8 Å². The number of nitrogen functional groups attached to an aromatic ring is 1. The molecule has 0 aliphatic rings. The van der Waals surface area contributed by atoms with Crippen LogP contribution >= 0.6 is 11.8 Å². The molecule has 0 atom stereocenters. The number of H-pyrrole nitrogens is 1. The highest BCUT2D eigenvalue weighted by molar-refractivity contribution is 7.99. The Labute approximate surface area is 115 Å². The van der Waals surface area contributed by atoms with E-state index < -0.39 is 0 Å². The Balaban J connectivity index is 1.86. The van der Waals surface area contributed by atoms with Gasteiger partial charge < -0.3 is 11.1 Å². The summed E-state index contributed by atoms with van der Waals surface area (Å²) >= 11 is 1.23. The van der Waals surface area contributed by atoms with Crippen LogP contribution in [0.4, 0.5) is 11.6 Å². The molecule has 2 aromatic rings. The van der Waals surface area contributed by atoms with Crippen LogP contribution in [-0.4, -0.2) is 26.8 Å². The topological polar surface area (TPSA) is 96.7 Å². The third kappa shape index (κ3) is 3.99. The summed E-state index contributed by atoms with van der Waals surface area (Å²) in [6.45, 7) is 2.07. The van der Waals surface area contributed by atoms with Gasteiger partial charge in [-0.25, -0.2) is 5.10 Å². The van der Waals surface area contributed by atoms with Crippen LogP contribution in [0.1, 0.15) is 12.5 Å². The number of aromatic nitrogens is 3. The van der Waals surface area contributed by atoms with E-state index in [1.54, 1.807) is 0 Å². The molecule has 0 saturated heterocycles. The molecule has 0 aliphatic heterocycles. The second-order valence-corrected chi connectivity index (χ2v) is 4.84. The Morgan fingerprint density at radius 1 is 1.53 bits per heavy atom. The summed E-state index contributed by atoms with van der Waals surface area (Å²) in [5, 5.41) is 9.67. The van der Waals surface area contributed by atoms with E-state index in [2.05, 4.69) is 27.4 Å². The number of anilines is 2.